The Labute approximate surface area is 97.2 Å². The van der Waals surface area contributed by atoms with Gasteiger partial charge in [-0.25, -0.2) is 0 Å². The van der Waals surface area contributed by atoms with Gasteiger partial charge in [0, 0.05) is 13.2 Å². The van der Waals surface area contributed by atoms with Crippen LogP contribution in [0.3, 0.4) is 0 Å². The second-order valence-corrected chi connectivity index (χ2v) is 4.65. The van der Waals surface area contributed by atoms with Gasteiger partial charge in [-0.3, -0.25) is 4.79 Å². The molecule has 1 atom stereocenters. The number of aromatic nitrogens is 2. The lowest BCUT2D eigenvalue weighted by atomic mass is 10.1. The number of nitrogens with two attached hydrogens (primary N) is 1. The maximum absolute atomic E-state index is 11.6. The summed E-state index contributed by atoms with van der Waals surface area (Å²) in [5, 5.41) is 10.6. The van der Waals surface area contributed by atoms with Gasteiger partial charge in [-0.15, -0.1) is 10.2 Å². The molecule has 6 nitrogen and oxygen atoms in total. The summed E-state index contributed by atoms with van der Waals surface area (Å²) in [6, 6.07) is 0. The molecule has 0 aromatic carbocycles. The highest BCUT2D eigenvalue weighted by Gasteiger charge is 2.17. The van der Waals surface area contributed by atoms with E-state index in [1.807, 2.05) is 0 Å². The van der Waals surface area contributed by atoms with E-state index in [9.17, 15) is 4.79 Å². The summed E-state index contributed by atoms with van der Waals surface area (Å²) in [7, 11) is 0. The SMILES string of the molecule is Nc1nnc(C(=O)NCC2CCCCO2)s1. The van der Waals surface area contributed by atoms with Gasteiger partial charge in [0.25, 0.3) is 5.91 Å². The van der Waals surface area contributed by atoms with Crippen LogP contribution in [0.2, 0.25) is 0 Å². The van der Waals surface area contributed by atoms with E-state index in [-0.39, 0.29) is 12.0 Å². The molecule has 0 spiro atoms. The predicted molar refractivity (Wildman–Crippen MR) is 60.2 cm³/mol. The summed E-state index contributed by atoms with van der Waals surface area (Å²) in [4.78, 5) is 11.6. The smallest absolute Gasteiger partial charge is 0.282 e. The topological polar surface area (TPSA) is 90.1 Å². The minimum atomic E-state index is -0.233. The molecule has 2 rings (SSSR count). The van der Waals surface area contributed by atoms with Crippen LogP contribution in [0.4, 0.5) is 5.13 Å². The van der Waals surface area contributed by atoms with Crippen LogP contribution in [0.1, 0.15) is 29.1 Å². The fourth-order valence-electron chi connectivity index (χ4n) is 1.58. The van der Waals surface area contributed by atoms with Gasteiger partial charge in [-0.05, 0) is 19.3 Å². The minimum Gasteiger partial charge on any atom is -0.376 e. The van der Waals surface area contributed by atoms with Crippen molar-refractivity contribution in [3.63, 3.8) is 0 Å². The maximum atomic E-state index is 11.6. The summed E-state index contributed by atoms with van der Waals surface area (Å²) >= 11 is 1.09. The number of amides is 1. The molecule has 0 saturated carbocycles. The average molecular weight is 242 g/mol. The molecule has 1 saturated heterocycles. The molecule has 1 amide bonds. The van der Waals surface area contributed by atoms with Crippen LogP contribution in [-0.4, -0.2) is 35.4 Å². The van der Waals surface area contributed by atoms with Crippen molar-refractivity contribution in [2.75, 3.05) is 18.9 Å². The molecular formula is C9H14N4O2S. The Morgan fingerprint density at radius 1 is 1.56 bits per heavy atom. The number of ether oxygens (including phenoxy) is 1. The molecule has 88 valence electrons. The highest BCUT2D eigenvalue weighted by molar-refractivity contribution is 7.16. The van der Waals surface area contributed by atoms with Gasteiger partial charge in [0.15, 0.2) is 0 Å². The molecule has 1 fully saturated rings. The van der Waals surface area contributed by atoms with Crippen molar-refractivity contribution in [2.24, 2.45) is 0 Å². The van der Waals surface area contributed by atoms with Crippen molar-refractivity contribution in [3.8, 4) is 0 Å². The number of nitrogens with one attached hydrogen (secondary N) is 1. The second-order valence-electron chi connectivity index (χ2n) is 3.64. The maximum Gasteiger partial charge on any atom is 0.282 e. The molecule has 1 aliphatic heterocycles. The molecular weight excluding hydrogens is 228 g/mol. The summed E-state index contributed by atoms with van der Waals surface area (Å²) in [5.41, 5.74) is 5.40. The van der Waals surface area contributed by atoms with Crippen molar-refractivity contribution >= 4 is 22.4 Å². The predicted octanol–water partition coefficient (Wildman–Crippen LogP) is 0.419. The van der Waals surface area contributed by atoms with Gasteiger partial charge >= 0.3 is 0 Å². The standard InChI is InChI=1S/C9H14N4O2S/c10-9-13-12-8(16-9)7(14)11-5-6-3-1-2-4-15-6/h6H,1-5H2,(H2,10,13)(H,11,14). The van der Waals surface area contributed by atoms with Crippen LogP contribution in [0.25, 0.3) is 0 Å². The quantitative estimate of drug-likeness (QED) is 0.801. The molecule has 3 N–H and O–H groups in total. The number of nitrogens with zero attached hydrogens (tertiary/aromatic N) is 2. The largest absolute Gasteiger partial charge is 0.376 e. The number of anilines is 1. The Morgan fingerprint density at radius 2 is 2.44 bits per heavy atom. The molecule has 1 aliphatic rings. The summed E-state index contributed by atoms with van der Waals surface area (Å²) in [6.07, 6.45) is 3.39. The van der Waals surface area contributed by atoms with E-state index in [1.165, 1.54) is 0 Å². The molecule has 0 bridgehead atoms. The van der Waals surface area contributed by atoms with E-state index in [1.54, 1.807) is 0 Å². The first-order chi connectivity index (χ1) is 7.75. The van der Waals surface area contributed by atoms with Gasteiger partial charge in [0.2, 0.25) is 10.1 Å². The van der Waals surface area contributed by atoms with Crippen molar-refractivity contribution in [1.29, 1.82) is 0 Å². The van der Waals surface area contributed by atoms with E-state index in [0.717, 1.165) is 37.2 Å². The normalized spacial score (nSPS) is 20.6. The fourth-order valence-corrected chi connectivity index (χ4v) is 2.10. The summed E-state index contributed by atoms with van der Waals surface area (Å²) in [6.45, 7) is 1.31. The zero-order valence-electron chi connectivity index (χ0n) is 8.81. The van der Waals surface area contributed by atoms with Crippen LogP contribution in [-0.2, 0) is 4.74 Å². The van der Waals surface area contributed by atoms with Crippen LogP contribution in [0.15, 0.2) is 0 Å². The minimum absolute atomic E-state index is 0.128. The zero-order valence-corrected chi connectivity index (χ0v) is 9.63. The van der Waals surface area contributed by atoms with Crippen molar-refractivity contribution < 1.29 is 9.53 Å². The molecule has 16 heavy (non-hydrogen) atoms. The van der Waals surface area contributed by atoms with Crippen molar-refractivity contribution in [2.45, 2.75) is 25.4 Å². The first-order valence-electron chi connectivity index (χ1n) is 5.24. The Balaban J connectivity index is 1.79. The number of carbonyl (C=O) groups excluding carboxylic acids is 1. The van der Waals surface area contributed by atoms with E-state index < -0.39 is 0 Å². The Morgan fingerprint density at radius 3 is 3.06 bits per heavy atom. The lowest BCUT2D eigenvalue weighted by Crippen LogP contribution is -2.35. The summed E-state index contributed by atoms with van der Waals surface area (Å²) in [5.74, 6) is -0.233. The number of carbonyl (C=O) groups is 1. The van der Waals surface area contributed by atoms with Crippen molar-refractivity contribution in [3.05, 3.63) is 5.01 Å². The van der Waals surface area contributed by atoms with Crippen molar-refractivity contribution in [1.82, 2.24) is 15.5 Å². The monoisotopic (exact) mass is 242 g/mol. The molecule has 0 radical (unpaired) electrons. The molecule has 1 aromatic heterocycles. The molecule has 7 heteroatoms. The second kappa shape index (κ2) is 5.22. The number of hydrogen-bond donors (Lipinski definition) is 2. The third-order valence-corrected chi connectivity index (χ3v) is 3.15. The van der Waals surface area contributed by atoms with E-state index in [2.05, 4.69) is 15.5 Å². The van der Waals surface area contributed by atoms with Gasteiger partial charge in [0.05, 0.1) is 6.10 Å². The summed E-state index contributed by atoms with van der Waals surface area (Å²) < 4.78 is 5.50. The number of nitrogen functional groups attached to an aromatic ring is 1. The third-order valence-electron chi connectivity index (χ3n) is 2.40. The molecule has 1 aromatic rings. The van der Waals surface area contributed by atoms with Gasteiger partial charge in [0.1, 0.15) is 0 Å². The number of rotatable bonds is 3. The zero-order chi connectivity index (χ0) is 11.4. The fraction of sp³-hybridized carbons (Fsp3) is 0.667. The van der Waals surface area contributed by atoms with Crippen LogP contribution in [0.5, 0.6) is 0 Å². The first-order valence-corrected chi connectivity index (χ1v) is 6.06. The average Bonchev–Trinajstić information content (AvgIpc) is 2.74. The molecule has 2 heterocycles. The van der Waals surface area contributed by atoms with Crippen LogP contribution >= 0.6 is 11.3 Å². The highest BCUT2D eigenvalue weighted by Crippen LogP contribution is 2.13. The van der Waals surface area contributed by atoms with Gasteiger partial charge < -0.3 is 15.8 Å². The van der Waals surface area contributed by atoms with Crippen LogP contribution in [0, 0.1) is 0 Å². The van der Waals surface area contributed by atoms with Gasteiger partial charge in [-0.1, -0.05) is 11.3 Å². The van der Waals surface area contributed by atoms with E-state index >= 15 is 0 Å². The lowest BCUT2D eigenvalue weighted by Gasteiger charge is -2.22. The van der Waals surface area contributed by atoms with Gasteiger partial charge in [-0.2, -0.15) is 0 Å². The van der Waals surface area contributed by atoms with E-state index in [4.69, 9.17) is 10.5 Å². The Hall–Kier alpha value is -1.21. The Kier molecular flexibility index (Phi) is 3.68. The highest BCUT2D eigenvalue weighted by atomic mass is 32.1. The number of hydrogen-bond acceptors (Lipinski definition) is 6. The molecule has 1 unspecified atom stereocenters. The third kappa shape index (κ3) is 2.89. The lowest BCUT2D eigenvalue weighted by molar-refractivity contribution is 0.0169. The Bertz CT molecular complexity index is 362. The van der Waals surface area contributed by atoms with Crippen LogP contribution < -0.4 is 11.1 Å². The van der Waals surface area contributed by atoms with E-state index in [0.29, 0.717) is 16.7 Å². The first kappa shape index (κ1) is 11.3. The molecule has 0 aliphatic carbocycles.